The topological polar surface area (TPSA) is 55.6 Å². The van der Waals surface area contributed by atoms with E-state index in [2.05, 4.69) is 49.3 Å². The lowest BCUT2D eigenvalue weighted by Gasteiger charge is -2.22. The number of hydrogen-bond acceptors (Lipinski definition) is 6. The maximum atomic E-state index is 4.54. The minimum absolute atomic E-state index is 0.685. The molecule has 0 amide bonds. The molecular formula is C18H21N5S2. The molecule has 1 saturated heterocycles. The van der Waals surface area contributed by atoms with Gasteiger partial charge in [0.1, 0.15) is 10.8 Å². The molecule has 0 radical (unpaired) electrons. The Bertz CT molecular complexity index is 779. The summed E-state index contributed by atoms with van der Waals surface area (Å²) in [5.41, 5.74) is 1.14. The number of thiazole rings is 1. The van der Waals surface area contributed by atoms with Crippen LogP contribution in [-0.4, -0.2) is 32.8 Å². The van der Waals surface area contributed by atoms with Crippen molar-refractivity contribution in [3.8, 4) is 5.69 Å². The van der Waals surface area contributed by atoms with Gasteiger partial charge in [-0.3, -0.25) is 4.57 Å². The summed E-state index contributed by atoms with van der Waals surface area (Å²) >= 11 is 3.39. The third-order valence-corrected chi connectivity index (χ3v) is 6.36. The normalized spacial score (nSPS) is 15.5. The molecule has 0 bridgehead atoms. The van der Waals surface area contributed by atoms with Gasteiger partial charge in [-0.25, -0.2) is 4.98 Å². The first kappa shape index (κ1) is 16.8. The minimum atomic E-state index is 0.685. The van der Waals surface area contributed by atoms with E-state index in [4.69, 9.17) is 0 Å². The predicted molar refractivity (Wildman–Crippen MR) is 102 cm³/mol. The van der Waals surface area contributed by atoms with Crippen molar-refractivity contribution >= 4 is 23.1 Å². The summed E-state index contributed by atoms with van der Waals surface area (Å²) in [6.45, 7) is 2.21. The largest absolute Gasteiger partial charge is 0.317 e. The van der Waals surface area contributed by atoms with E-state index in [0.29, 0.717) is 5.92 Å². The van der Waals surface area contributed by atoms with Crippen LogP contribution >= 0.6 is 23.1 Å². The summed E-state index contributed by atoms with van der Waals surface area (Å²) in [7, 11) is 0. The smallest absolute Gasteiger partial charge is 0.196 e. The Hall–Kier alpha value is -1.70. The zero-order valence-corrected chi connectivity index (χ0v) is 15.6. The number of thioether (sulfide) groups is 1. The summed E-state index contributed by atoms with van der Waals surface area (Å²) in [6, 6.07) is 10.4. The molecule has 0 saturated carbocycles. The number of nitrogens with one attached hydrogen (secondary N) is 1. The number of hydrogen-bond donors (Lipinski definition) is 1. The molecule has 3 heterocycles. The molecule has 1 N–H and O–H groups in total. The maximum absolute atomic E-state index is 4.54. The van der Waals surface area contributed by atoms with E-state index < -0.39 is 0 Å². The van der Waals surface area contributed by atoms with Crippen molar-refractivity contribution in [2.45, 2.75) is 30.2 Å². The van der Waals surface area contributed by atoms with E-state index in [1.54, 1.807) is 23.1 Å². The van der Waals surface area contributed by atoms with Gasteiger partial charge < -0.3 is 5.32 Å². The van der Waals surface area contributed by atoms with Gasteiger partial charge in [-0.2, -0.15) is 0 Å². The second-order valence-electron chi connectivity index (χ2n) is 6.18. The maximum Gasteiger partial charge on any atom is 0.196 e. The van der Waals surface area contributed by atoms with Crippen LogP contribution in [-0.2, 0) is 12.2 Å². The molecule has 1 aromatic carbocycles. The standard InChI is InChI=1S/C18H21N5S2/c1-2-4-15(5-3-1)23-16(12-14-6-8-19-9-7-14)21-22-18(23)25-13-17-20-10-11-24-17/h1-5,10-11,14,19H,6-9,12-13H2. The Kier molecular flexibility index (Phi) is 5.44. The molecule has 0 aliphatic carbocycles. The molecule has 4 rings (SSSR count). The van der Waals surface area contributed by atoms with Gasteiger partial charge in [0, 0.05) is 23.7 Å². The fourth-order valence-electron chi connectivity index (χ4n) is 3.16. The average Bonchev–Trinajstić information content (AvgIpc) is 3.31. The lowest BCUT2D eigenvalue weighted by molar-refractivity contribution is 0.365. The summed E-state index contributed by atoms with van der Waals surface area (Å²) in [6.07, 6.45) is 5.26. The van der Waals surface area contributed by atoms with E-state index in [9.17, 15) is 0 Å². The lowest BCUT2D eigenvalue weighted by atomic mass is 9.94. The van der Waals surface area contributed by atoms with Crippen molar-refractivity contribution in [1.29, 1.82) is 0 Å². The zero-order valence-electron chi connectivity index (χ0n) is 14.0. The van der Waals surface area contributed by atoms with Crippen molar-refractivity contribution in [1.82, 2.24) is 25.1 Å². The number of aromatic nitrogens is 4. The first-order chi connectivity index (χ1) is 12.4. The molecule has 7 heteroatoms. The van der Waals surface area contributed by atoms with Crippen LogP contribution in [0.4, 0.5) is 0 Å². The summed E-state index contributed by atoms with van der Waals surface area (Å²) < 4.78 is 2.22. The van der Waals surface area contributed by atoms with Crippen LogP contribution in [0.25, 0.3) is 5.69 Å². The fraction of sp³-hybridized carbons (Fsp3) is 0.389. The fourth-order valence-corrected chi connectivity index (χ4v) is 4.77. The van der Waals surface area contributed by atoms with Crippen LogP contribution in [0.3, 0.4) is 0 Å². The van der Waals surface area contributed by atoms with Crippen LogP contribution in [0.1, 0.15) is 23.7 Å². The van der Waals surface area contributed by atoms with Crippen LogP contribution in [0, 0.1) is 5.92 Å². The van der Waals surface area contributed by atoms with Gasteiger partial charge in [-0.15, -0.1) is 21.5 Å². The number of rotatable bonds is 6. The Balaban J connectivity index is 1.59. The molecule has 1 aliphatic rings. The Morgan fingerprint density at radius 3 is 2.76 bits per heavy atom. The monoisotopic (exact) mass is 371 g/mol. The van der Waals surface area contributed by atoms with E-state index in [1.807, 2.05) is 17.6 Å². The highest BCUT2D eigenvalue weighted by Gasteiger charge is 2.20. The van der Waals surface area contributed by atoms with Crippen molar-refractivity contribution in [2.75, 3.05) is 13.1 Å². The summed E-state index contributed by atoms with van der Waals surface area (Å²) in [5, 5.41) is 16.6. The molecule has 5 nitrogen and oxygen atoms in total. The van der Waals surface area contributed by atoms with Crippen molar-refractivity contribution in [2.24, 2.45) is 5.92 Å². The molecule has 25 heavy (non-hydrogen) atoms. The van der Waals surface area contributed by atoms with E-state index in [0.717, 1.165) is 46.9 Å². The molecule has 1 fully saturated rings. The number of para-hydroxylation sites is 1. The molecule has 0 atom stereocenters. The van der Waals surface area contributed by atoms with Crippen LogP contribution in [0.15, 0.2) is 47.1 Å². The lowest BCUT2D eigenvalue weighted by Crippen LogP contribution is -2.29. The number of nitrogens with zero attached hydrogens (tertiary/aromatic N) is 4. The molecule has 0 unspecified atom stereocenters. The highest BCUT2D eigenvalue weighted by atomic mass is 32.2. The third kappa shape index (κ3) is 4.11. The van der Waals surface area contributed by atoms with Gasteiger partial charge in [0.15, 0.2) is 5.16 Å². The Morgan fingerprint density at radius 2 is 2.00 bits per heavy atom. The molecule has 3 aromatic rings. The molecule has 2 aromatic heterocycles. The summed E-state index contributed by atoms with van der Waals surface area (Å²) in [5.74, 6) is 2.58. The van der Waals surface area contributed by atoms with Gasteiger partial charge in [-0.1, -0.05) is 30.0 Å². The van der Waals surface area contributed by atoms with E-state index in [-0.39, 0.29) is 0 Å². The minimum Gasteiger partial charge on any atom is -0.317 e. The molecule has 1 aliphatic heterocycles. The highest BCUT2D eigenvalue weighted by Crippen LogP contribution is 2.27. The van der Waals surface area contributed by atoms with Gasteiger partial charge in [0.05, 0.1) is 5.75 Å². The van der Waals surface area contributed by atoms with Crippen molar-refractivity contribution in [3.05, 3.63) is 52.7 Å². The van der Waals surface area contributed by atoms with Gasteiger partial charge in [0.2, 0.25) is 0 Å². The highest BCUT2D eigenvalue weighted by molar-refractivity contribution is 7.98. The third-order valence-electron chi connectivity index (χ3n) is 4.45. The van der Waals surface area contributed by atoms with Gasteiger partial charge in [0.25, 0.3) is 0 Å². The first-order valence-corrected chi connectivity index (χ1v) is 10.5. The van der Waals surface area contributed by atoms with Crippen LogP contribution in [0.5, 0.6) is 0 Å². The number of piperidine rings is 1. The summed E-state index contributed by atoms with van der Waals surface area (Å²) in [4.78, 5) is 4.37. The molecule has 130 valence electrons. The Morgan fingerprint density at radius 1 is 1.16 bits per heavy atom. The van der Waals surface area contributed by atoms with Crippen molar-refractivity contribution < 1.29 is 0 Å². The molecule has 0 spiro atoms. The van der Waals surface area contributed by atoms with Crippen LogP contribution in [0.2, 0.25) is 0 Å². The Labute approximate surface area is 155 Å². The molecular weight excluding hydrogens is 350 g/mol. The quantitative estimate of drug-likeness (QED) is 0.672. The SMILES string of the molecule is c1ccc(-n2c(CC3CCNCC3)nnc2SCc2nccs2)cc1. The second kappa shape index (κ2) is 8.12. The first-order valence-electron chi connectivity index (χ1n) is 8.62. The van der Waals surface area contributed by atoms with Crippen LogP contribution < -0.4 is 5.32 Å². The van der Waals surface area contributed by atoms with Crippen molar-refractivity contribution in [3.63, 3.8) is 0 Å². The predicted octanol–water partition coefficient (Wildman–Crippen LogP) is 3.56. The number of benzene rings is 1. The average molecular weight is 372 g/mol. The second-order valence-corrected chi connectivity index (χ2v) is 8.10. The van der Waals surface area contributed by atoms with Gasteiger partial charge >= 0.3 is 0 Å². The zero-order chi connectivity index (χ0) is 16.9. The van der Waals surface area contributed by atoms with Gasteiger partial charge in [-0.05, 0) is 44.0 Å². The van der Waals surface area contributed by atoms with E-state index >= 15 is 0 Å². The van der Waals surface area contributed by atoms with E-state index in [1.165, 1.54) is 12.8 Å².